The van der Waals surface area contributed by atoms with Crippen LogP contribution < -0.4 is 10.6 Å². The Bertz CT molecular complexity index is 511. The van der Waals surface area contributed by atoms with Crippen LogP contribution in [0.2, 0.25) is 0 Å². The molecule has 2 rings (SSSR count). The highest BCUT2D eigenvalue weighted by atomic mass is 16.5. The number of benzene rings is 1. The second kappa shape index (κ2) is 10.4. The predicted octanol–water partition coefficient (Wildman–Crippen LogP) is 1.70. The molecule has 1 aromatic rings. The molecule has 1 aliphatic heterocycles. The number of urea groups is 1. The zero-order chi connectivity index (χ0) is 18.1. The molecule has 1 heterocycles. The number of methoxy groups -OCH3 is 1. The maximum Gasteiger partial charge on any atom is 0.315 e. The van der Waals surface area contributed by atoms with Crippen molar-refractivity contribution in [3.63, 3.8) is 0 Å². The van der Waals surface area contributed by atoms with Crippen molar-refractivity contribution in [2.45, 2.75) is 25.4 Å². The lowest BCUT2D eigenvalue weighted by Crippen LogP contribution is -2.48. The molecule has 0 bridgehead atoms. The van der Waals surface area contributed by atoms with Crippen molar-refractivity contribution < 1.29 is 9.53 Å². The summed E-state index contributed by atoms with van der Waals surface area (Å²) in [6, 6.07) is 11.0. The Kier molecular flexibility index (Phi) is 8.18. The summed E-state index contributed by atoms with van der Waals surface area (Å²) in [5, 5.41) is 5.80. The molecule has 0 radical (unpaired) electrons. The molecule has 2 unspecified atom stereocenters. The van der Waals surface area contributed by atoms with Crippen molar-refractivity contribution in [3.8, 4) is 0 Å². The summed E-state index contributed by atoms with van der Waals surface area (Å²) >= 11 is 0. The van der Waals surface area contributed by atoms with E-state index in [-0.39, 0.29) is 12.1 Å². The number of hydrogen-bond donors (Lipinski definition) is 2. The number of likely N-dealkylation sites (N-methyl/N-ethyl adjacent to an activating group) is 1. The lowest BCUT2D eigenvalue weighted by molar-refractivity contribution is 0.0889. The summed E-state index contributed by atoms with van der Waals surface area (Å²) in [6.45, 7) is 7.32. The highest BCUT2D eigenvalue weighted by Crippen LogP contribution is 2.24. The number of ether oxygens (including phenoxy) is 1. The number of amides is 2. The molecule has 1 saturated heterocycles. The van der Waals surface area contributed by atoms with E-state index >= 15 is 0 Å². The fraction of sp³-hybridized carbons (Fsp3) is 0.632. The highest BCUT2D eigenvalue weighted by Gasteiger charge is 2.25. The van der Waals surface area contributed by atoms with Gasteiger partial charge in [-0.1, -0.05) is 30.3 Å². The summed E-state index contributed by atoms with van der Waals surface area (Å²) in [4.78, 5) is 16.7. The van der Waals surface area contributed by atoms with E-state index in [0.717, 1.165) is 32.6 Å². The Hall–Kier alpha value is -1.63. The summed E-state index contributed by atoms with van der Waals surface area (Å²) in [5.74, 6) is 0. The van der Waals surface area contributed by atoms with E-state index in [9.17, 15) is 4.79 Å². The maximum atomic E-state index is 11.8. The van der Waals surface area contributed by atoms with E-state index < -0.39 is 0 Å². The van der Waals surface area contributed by atoms with Gasteiger partial charge in [0.25, 0.3) is 0 Å². The monoisotopic (exact) mass is 348 g/mol. The van der Waals surface area contributed by atoms with Crippen LogP contribution in [0.25, 0.3) is 0 Å². The van der Waals surface area contributed by atoms with Crippen LogP contribution in [0.4, 0.5) is 4.79 Å². The van der Waals surface area contributed by atoms with Gasteiger partial charge in [0.1, 0.15) is 0 Å². The predicted molar refractivity (Wildman–Crippen MR) is 101 cm³/mol. The van der Waals surface area contributed by atoms with Crippen molar-refractivity contribution >= 4 is 6.03 Å². The third-order valence-electron chi connectivity index (χ3n) is 4.58. The van der Waals surface area contributed by atoms with Gasteiger partial charge in [0.15, 0.2) is 0 Å². The van der Waals surface area contributed by atoms with E-state index in [2.05, 4.69) is 57.8 Å². The summed E-state index contributed by atoms with van der Waals surface area (Å²) in [5.41, 5.74) is 1.37. The number of piperazine rings is 1. The Morgan fingerprint density at radius 2 is 2.08 bits per heavy atom. The molecule has 0 spiro atoms. The number of carbonyl (C=O) groups is 1. The van der Waals surface area contributed by atoms with Crippen LogP contribution in [0.3, 0.4) is 0 Å². The molecule has 2 amide bonds. The molecule has 0 aromatic heterocycles. The normalized spacial score (nSPS) is 20.2. The fourth-order valence-corrected chi connectivity index (χ4v) is 3.27. The molecule has 1 aliphatic rings. The topological polar surface area (TPSA) is 56.8 Å². The average molecular weight is 348 g/mol. The Morgan fingerprint density at radius 3 is 2.80 bits per heavy atom. The van der Waals surface area contributed by atoms with Gasteiger partial charge in [-0.15, -0.1) is 0 Å². The van der Waals surface area contributed by atoms with Crippen LogP contribution in [0.1, 0.15) is 24.9 Å². The molecule has 25 heavy (non-hydrogen) atoms. The van der Waals surface area contributed by atoms with Gasteiger partial charge in [-0.2, -0.15) is 0 Å². The largest absolute Gasteiger partial charge is 0.383 e. The lowest BCUT2D eigenvalue weighted by atomic mass is 10.0. The number of hydrogen-bond acceptors (Lipinski definition) is 4. The zero-order valence-electron chi connectivity index (χ0n) is 15.7. The van der Waals surface area contributed by atoms with Crippen molar-refractivity contribution in [3.05, 3.63) is 35.9 Å². The van der Waals surface area contributed by atoms with Gasteiger partial charge < -0.3 is 20.3 Å². The molecule has 140 valence electrons. The number of carbonyl (C=O) groups excluding carboxylic acids is 1. The smallest absolute Gasteiger partial charge is 0.315 e. The molecule has 6 heteroatoms. The SMILES string of the molecule is COCC(C)NC(=O)NCCCN1CCN(C)CC1c1ccccc1. The first-order chi connectivity index (χ1) is 12.1. The van der Waals surface area contributed by atoms with Gasteiger partial charge in [-0.3, -0.25) is 4.90 Å². The fourth-order valence-electron chi connectivity index (χ4n) is 3.27. The van der Waals surface area contributed by atoms with Gasteiger partial charge in [0, 0.05) is 45.9 Å². The van der Waals surface area contributed by atoms with Crippen molar-refractivity contribution in [2.75, 3.05) is 53.5 Å². The van der Waals surface area contributed by atoms with Gasteiger partial charge in [0.05, 0.1) is 12.6 Å². The Morgan fingerprint density at radius 1 is 1.32 bits per heavy atom. The van der Waals surface area contributed by atoms with Crippen LogP contribution in [-0.2, 0) is 4.74 Å². The zero-order valence-corrected chi connectivity index (χ0v) is 15.7. The number of nitrogens with one attached hydrogen (secondary N) is 2. The van der Waals surface area contributed by atoms with Crippen LogP contribution in [0.15, 0.2) is 30.3 Å². The molecule has 2 N–H and O–H groups in total. The minimum absolute atomic E-state index is 0.0186. The second-order valence-corrected chi connectivity index (χ2v) is 6.83. The molecular formula is C19H32N4O2. The van der Waals surface area contributed by atoms with E-state index in [1.165, 1.54) is 5.56 Å². The molecular weight excluding hydrogens is 316 g/mol. The van der Waals surface area contributed by atoms with Crippen LogP contribution in [0.5, 0.6) is 0 Å². The first kappa shape index (κ1) is 19.7. The van der Waals surface area contributed by atoms with Crippen molar-refractivity contribution in [1.82, 2.24) is 20.4 Å². The van der Waals surface area contributed by atoms with E-state index in [1.807, 2.05) is 6.92 Å². The summed E-state index contributed by atoms with van der Waals surface area (Å²) in [6.07, 6.45) is 0.944. The standard InChI is InChI=1S/C19H32N4O2/c1-16(15-25-3)21-19(24)20-10-7-11-23-13-12-22(2)14-18(23)17-8-5-4-6-9-17/h4-6,8-9,16,18H,7,10-15H2,1-3H3,(H2,20,21,24). The minimum atomic E-state index is -0.123. The summed E-state index contributed by atoms with van der Waals surface area (Å²) in [7, 11) is 3.82. The molecule has 1 aromatic carbocycles. The molecule has 6 nitrogen and oxygen atoms in total. The molecule has 2 atom stereocenters. The van der Waals surface area contributed by atoms with Gasteiger partial charge in [0.2, 0.25) is 0 Å². The van der Waals surface area contributed by atoms with E-state index in [0.29, 0.717) is 19.2 Å². The van der Waals surface area contributed by atoms with E-state index in [4.69, 9.17) is 4.74 Å². The lowest BCUT2D eigenvalue weighted by Gasteiger charge is -2.40. The van der Waals surface area contributed by atoms with Crippen molar-refractivity contribution in [1.29, 1.82) is 0 Å². The van der Waals surface area contributed by atoms with Gasteiger partial charge in [-0.05, 0) is 26.0 Å². The van der Waals surface area contributed by atoms with Crippen LogP contribution in [-0.4, -0.2) is 75.4 Å². The van der Waals surface area contributed by atoms with E-state index in [1.54, 1.807) is 7.11 Å². The van der Waals surface area contributed by atoms with Gasteiger partial charge in [-0.25, -0.2) is 4.79 Å². The molecule has 0 saturated carbocycles. The second-order valence-electron chi connectivity index (χ2n) is 6.83. The average Bonchev–Trinajstić information content (AvgIpc) is 2.60. The Labute approximate surface area is 151 Å². The van der Waals surface area contributed by atoms with Crippen LogP contribution in [0, 0.1) is 0 Å². The van der Waals surface area contributed by atoms with Gasteiger partial charge >= 0.3 is 6.03 Å². The maximum absolute atomic E-state index is 11.8. The first-order valence-corrected chi connectivity index (χ1v) is 9.11. The minimum Gasteiger partial charge on any atom is -0.383 e. The molecule has 0 aliphatic carbocycles. The third kappa shape index (κ3) is 6.65. The summed E-state index contributed by atoms with van der Waals surface area (Å²) < 4.78 is 5.02. The highest BCUT2D eigenvalue weighted by molar-refractivity contribution is 5.74. The first-order valence-electron chi connectivity index (χ1n) is 9.11. The number of nitrogens with zero attached hydrogens (tertiary/aromatic N) is 2. The van der Waals surface area contributed by atoms with Crippen molar-refractivity contribution in [2.24, 2.45) is 0 Å². The number of rotatable bonds is 8. The molecule has 1 fully saturated rings. The third-order valence-corrected chi connectivity index (χ3v) is 4.58. The van der Waals surface area contributed by atoms with Crippen LogP contribution >= 0.6 is 0 Å². The Balaban J connectivity index is 1.75. The quantitative estimate of drug-likeness (QED) is 0.702.